The summed E-state index contributed by atoms with van der Waals surface area (Å²) < 4.78 is 14.8. The number of aromatic amines is 2. The molecular formula is C33H33FN6. The van der Waals surface area contributed by atoms with Crippen molar-refractivity contribution in [2.75, 3.05) is 19.6 Å². The van der Waals surface area contributed by atoms with Crippen LogP contribution in [0, 0.1) is 5.82 Å². The number of aryl methyl sites for hydroxylation is 1. The third kappa shape index (κ3) is 5.38. The second kappa shape index (κ2) is 11.4. The first kappa shape index (κ1) is 25.9. The van der Waals surface area contributed by atoms with Crippen molar-refractivity contribution in [2.45, 2.75) is 32.6 Å². The second-order valence-corrected chi connectivity index (χ2v) is 10.4. The molecule has 5 heterocycles. The van der Waals surface area contributed by atoms with Gasteiger partial charge in [0.15, 0.2) is 0 Å². The SMILES string of the molecule is C=c1[nH]nc(-c2cc3c(-c4cc(F)cc(CCCN5CCCC5)c4)nccc3[nH]2)/c1=C/C(=C\C)c1cccnc1. The van der Waals surface area contributed by atoms with Crippen molar-refractivity contribution in [3.63, 3.8) is 0 Å². The second-order valence-electron chi connectivity index (χ2n) is 10.4. The number of nitrogens with zero attached hydrogens (tertiary/aromatic N) is 4. The predicted octanol–water partition coefficient (Wildman–Crippen LogP) is 5.48. The number of allylic oxidation sites excluding steroid dienone is 2. The summed E-state index contributed by atoms with van der Waals surface area (Å²) in [5.41, 5.74) is 7.09. The zero-order valence-corrected chi connectivity index (χ0v) is 22.8. The van der Waals surface area contributed by atoms with Gasteiger partial charge < -0.3 is 9.88 Å². The number of nitrogens with one attached hydrogen (secondary N) is 2. The molecule has 0 amide bonds. The number of hydrogen-bond donors (Lipinski definition) is 2. The molecule has 4 aromatic heterocycles. The molecule has 6 nitrogen and oxygen atoms in total. The number of fused-ring (bicyclic) bond motifs is 1. The Hall–Kier alpha value is -4.36. The van der Waals surface area contributed by atoms with E-state index < -0.39 is 0 Å². The minimum atomic E-state index is -0.233. The highest BCUT2D eigenvalue weighted by molar-refractivity contribution is 5.96. The quantitative estimate of drug-likeness (QED) is 0.278. The Balaban J connectivity index is 1.35. The highest BCUT2D eigenvalue weighted by atomic mass is 19.1. The molecule has 40 heavy (non-hydrogen) atoms. The molecule has 0 atom stereocenters. The number of aromatic nitrogens is 5. The molecule has 0 unspecified atom stereocenters. The summed E-state index contributed by atoms with van der Waals surface area (Å²) in [5.74, 6) is -0.233. The van der Waals surface area contributed by atoms with E-state index in [4.69, 9.17) is 0 Å². The molecular weight excluding hydrogens is 499 g/mol. The minimum absolute atomic E-state index is 0.233. The Labute approximate surface area is 233 Å². The number of benzene rings is 1. The lowest BCUT2D eigenvalue weighted by molar-refractivity contribution is 0.334. The maximum absolute atomic E-state index is 14.8. The molecule has 0 spiro atoms. The standard InChI is InChI=1S/C33H33FN6/c1-3-24(25-9-6-11-35-21-25)19-28-22(2)38-39-33(28)31-20-29-30(37-31)10-12-36-32(29)26-16-23(17-27(34)18-26)8-7-15-40-13-4-5-14-40/h3,6,9-12,16-21,37-38H,2,4-5,7-8,13-15H2,1H3/b24-3+,28-19+. The maximum atomic E-state index is 14.8. The minimum Gasteiger partial charge on any atom is -0.353 e. The van der Waals surface area contributed by atoms with Gasteiger partial charge in [0.25, 0.3) is 0 Å². The van der Waals surface area contributed by atoms with Gasteiger partial charge in [-0.1, -0.05) is 18.7 Å². The van der Waals surface area contributed by atoms with Gasteiger partial charge in [0, 0.05) is 40.3 Å². The number of hydrogen-bond acceptors (Lipinski definition) is 4. The van der Waals surface area contributed by atoms with E-state index >= 15 is 0 Å². The molecule has 1 aromatic carbocycles. The van der Waals surface area contributed by atoms with E-state index in [9.17, 15) is 4.39 Å². The molecule has 1 fully saturated rings. The number of pyridine rings is 2. The van der Waals surface area contributed by atoms with Gasteiger partial charge in [0.05, 0.1) is 16.7 Å². The van der Waals surface area contributed by atoms with Crippen molar-refractivity contribution in [2.24, 2.45) is 0 Å². The van der Waals surface area contributed by atoms with Gasteiger partial charge in [-0.2, -0.15) is 5.10 Å². The Bertz CT molecular complexity index is 1780. The van der Waals surface area contributed by atoms with Crippen molar-refractivity contribution >= 4 is 29.1 Å². The van der Waals surface area contributed by atoms with Crippen molar-refractivity contribution in [1.29, 1.82) is 0 Å². The van der Waals surface area contributed by atoms with E-state index in [1.165, 1.54) is 25.9 Å². The predicted molar refractivity (Wildman–Crippen MR) is 160 cm³/mol. The summed E-state index contributed by atoms with van der Waals surface area (Å²) in [7, 11) is 0. The monoisotopic (exact) mass is 532 g/mol. The fraction of sp³-hybridized carbons (Fsp3) is 0.242. The summed E-state index contributed by atoms with van der Waals surface area (Å²) in [5, 5.41) is 10.2. The summed E-state index contributed by atoms with van der Waals surface area (Å²) in [6.45, 7) is 9.60. The molecule has 5 aromatic rings. The molecule has 1 saturated heterocycles. The Kier molecular flexibility index (Phi) is 7.38. The summed E-state index contributed by atoms with van der Waals surface area (Å²) in [6.07, 6.45) is 13.9. The van der Waals surface area contributed by atoms with E-state index in [0.717, 1.165) is 80.2 Å². The number of halogens is 1. The lowest BCUT2D eigenvalue weighted by atomic mass is 10.0. The number of likely N-dealkylation sites (tertiary alicyclic amines) is 1. The fourth-order valence-electron chi connectivity index (χ4n) is 5.63. The normalized spacial score (nSPS) is 14.9. The third-order valence-corrected chi connectivity index (χ3v) is 7.66. The summed E-state index contributed by atoms with van der Waals surface area (Å²) >= 11 is 0. The first-order valence-electron chi connectivity index (χ1n) is 13.9. The van der Waals surface area contributed by atoms with Crippen molar-refractivity contribution in [3.8, 4) is 22.6 Å². The Morgan fingerprint density at radius 3 is 2.77 bits per heavy atom. The lowest BCUT2D eigenvalue weighted by Gasteiger charge is -2.14. The van der Waals surface area contributed by atoms with Gasteiger partial charge in [-0.25, -0.2) is 4.39 Å². The molecule has 0 aliphatic carbocycles. The average Bonchev–Trinajstić information content (AvgIpc) is 3.72. The van der Waals surface area contributed by atoms with Crippen LogP contribution in [0.15, 0.2) is 67.1 Å². The summed E-state index contributed by atoms with van der Waals surface area (Å²) in [4.78, 5) is 14.9. The van der Waals surface area contributed by atoms with Crippen LogP contribution in [-0.4, -0.2) is 49.7 Å². The fourth-order valence-corrected chi connectivity index (χ4v) is 5.63. The molecule has 6 rings (SSSR count). The van der Waals surface area contributed by atoms with Crippen LogP contribution >= 0.6 is 0 Å². The van der Waals surface area contributed by atoms with Gasteiger partial charge in [-0.15, -0.1) is 0 Å². The smallest absolute Gasteiger partial charge is 0.124 e. The first-order valence-corrected chi connectivity index (χ1v) is 13.9. The van der Waals surface area contributed by atoms with E-state index in [1.54, 1.807) is 24.5 Å². The van der Waals surface area contributed by atoms with E-state index in [2.05, 4.69) is 48.8 Å². The third-order valence-electron chi connectivity index (χ3n) is 7.66. The van der Waals surface area contributed by atoms with Crippen LogP contribution in [0.1, 0.15) is 37.3 Å². The van der Waals surface area contributed by atoms with Crippen molar-refractivity contribution in [3.05, 3.63) is 94.6 Å². The molecule has 0 bridgehead atoms. The lowest BCUT2D eigenvalue weighted by Crippen LogP contribution is -2.22. The largest absolute Gasteiger partial charge is 0.353 e. The van der Waals surface area contributed by atoms with Crippen molar-refractivity contribution < 1.29 is 4.39 Å². The van der Waals surface area contributed by atoms with Crippen LogP contribution in [0.25, 0.3) is 51.8 Å². The Morgan fingerprint density at radius 2 is 1.98 bits per heavy atom. The van der Waals surface area contributed by atoms with Crippen LogP contribution in [0.4, 0.5) is 4.39 Å². The van der Waals surface area contributed by atoms with Gasteiger partial charge in [-0.3, -0.25) is 15.1 Å². The molecule has 1 aliphatic rings. The van der Waals surface area contributed by atoms with Gasteiger partial charge in [0.2, 0.25) is 0 Å². The van der Waals surface area contributed by atoms with E-state index in [-0.39, 0.29) is 5.82 Å². The molecule has 7 heteroatoms. The van der Waals surface area contributed by atoms with Gasteiger partial charge >= 0.3 is 0 Å². The summed E-state index contributed by atoms with van der Waals surface area (Å²) in [6, 6.07) is 13.2. The van der Waals surface area contributed by atoms with Crippen LogP contribution in [0.2, 0.25) is 0 Å². The molecule has 1 aliphatic heterocycles. The van der Waals surface area contributed by atoms with Crippen LogP contribution in [0.5, 0.6) is 0 Å². The van der Waals surface area contributed by atoms with Crippen LogP contribution in [0.3, 0.4) is 0 Å². The van der Waals surface area contributed by atoms with Gasteiger partial charge in [-0.05, 0) is 111 Å². The highest BCUT2D eigenvalue weighted by Gasteiger charge is 2.15. The van der Waals surface area contributed by atoms with Gasteiger partial charge in [0.1, 0.15) is 11.5 Å². The molecule has 2 N–H and O–H groups in total. The maximum Gasteiger partial charge on any atom is 0.124 e. The average molecular weight is 533 g/mol. The Morgan fingerprint density at radius 1 is 1.10 bits per heavy atom. The van der Waals surface area contributed by atoms with E-state index in [1.807, 2.05) is 43.5 Å². The topological polar surface area (TPSA) is 73.5 Å². The zero-order chi connectivity index (χ0) is 27.5. The first-order chi connectivity index (χ1) is 19.6. The van der Waals surface area contributed by atoms with Crippen molar-refractivity contribution in [1.82, 2.24) is 30.0 Å². The molecule has 0 radical (unpaired) electrons. The molecule has 0 saturated carbocycles. The molecule has 202 valence electrons. The number of H-pyrrole nitrogens is 2. The van der Waals surface area contributed by atoms with E-state index in [0.29, 0.717) is 0 Å². The van der Waals surface area contributed by atoms with Crippen LogP contribution < -0.4 is 10.6 Å². The van der Waals surface area contributed by atoms with Crippen LogP contribution in [-0.2, 0) is 6.42 Å². The zero-order valence-electron chi connectivity index (χ0n) is 22.8. The highest BCUT2D eigenvalue weighted by Crippen LogP contribution is 2.31. The number of rotatable bonds is 8.